The second kappa shape index (κ2) is 11.8. The summed E-state index contributed by atoms with van der Waals surface area (Å²) >= 11 is -22.7. The second-order valence-corrected chi connectivity index (χ2v) is 21.5. The van der Waals surface area contributed by atoms with Gasteiger partial charge in [0.2, 0.25) is 0 Å². The van der Waals surface area contributed by atoms with Gasteiger partial charge >= 0.3 is 85.9 Å². The molecular formula is H6O16W4-8. The van der Waals surface area contributed by atoms with Gasteiger partial charge in [0, 0.05) is 21.1 Å². The summed E-state index contributed by atoms with van der Waals surface area (Å²) in [4.78, 5) is 0. The van der Waals surface area contributed by atoms with Gasteiger partial charge in [-0.2, -0.15) is 0 Å². The van der Waals surface area contributed by atoms with Crippen LogP contribution in [-0.4, -0.2) is 31.1 Å². The second-order valence-electron chi connectivity index (χ2n) is 1.65. The summed E-state index contributed by atoms with van der Waals surface area (Å²) in [6, 6.07) is 0. The maximum atomic E-state index is 10.3. The molecule has 0 unspecified atom stereocenters. The van der Waals surface area contributed by atoms with E-state index >= 15 is 0 Å². The van der Waals surface area contributed by atoms with Crippen molar-refractivity contribution >= 4 is 0 Å². The Balaban J connectivity index is -0.0000000563. The summed E-state index contributed by atoms with van der Waals surface area (Å²) in [5.41, 5.74) is 0. The third-order valence-corrected chi connectivity index (χ3v) is 24.4. The SMILES string of the molecule is [OH-].[OH-].[OH-].[OH-].[OH-].[O]=[W](=[O])([OH])[O][W](=[O])(=[O])[O][W](=[O])([O-])([O-])[O-].[W]. The van der Waals surface area contributed by atoms with Gasteiger partial charge in [-0.05, 0) is 0 Å². The van der Waals surface area contributed by atoms with Crippen molar-refractivity contribution < 1.29 is 134 Å². The first kappa shape index (κ1) is 42.9. The van der Waals surface area contributed by atoms with Gasteiger partial charge in [0.1, 0.15) is 0 Å². The van der Waals surface area contributed by atoms with Crippen LogP contribution in [0.5, 0.6) is 0 Å². The molecule has 0 aromatic carbocycles. The summed E-state index contributed by atoms with van der Waals surface area (Å²) < 4.78 is 92.9. The fourth-order valence-electron chi connectivity index (χ4n) is 0.253. The minimum Gasteiger partial charge on any atom is 0 e. The van der Waals surface area contributed by atoms with E-state index in [2.05, 4.69) is 4.09 Å². The molecule has 0 saturated heterocycles. The van der Waals surface area contributed by atoms with Gasteiger partial charge in [-0.3, -0.25) is 0 Å². The van der Waals surface area contributed by atoms with Crippen molar-refractivity contribution in [2.75, 3.05) is 0 Å². The molecule has 0 saturated carbocycles. The van der Waals surface area contributed by atoms with Crippen molar-refractivity contribution in [2.24, 2.45) is 0 Å². The fourth-order valence-corrected chi connectivity index (χ4v) is 22.4. The zero-order valence-electron chi connectivity index (χ0n) is 8.40. The Labute approximate surface area is 133 Å². The van der Waals surface area contributed by atoms with Gasteiger partial charge in [-0.15, -0.1) is 0 Å². The van der Waals surface area contributed by atoms with Crippen LogP contribution in [0.4, 0.5) is 0 Å². The van der Waals surface area contributed by atoms with Crippen molar-refractivity contribution in [3.05, 3.63) is 0 Å². The molecule has 16 nitrogen and oxygen atoms in total. The number of hydrogen-bond acceptors (Lipinski definition) is 15. The predicted octanol–water partition coefficient (Wildman–Crippen LogP) is -5.75. The summed E-state index contributed by atoms with van der Waals surface area (Å²) in [5, 5.41) is 0. The van der Waals surface area contributed by atoms with E-state index in [0.29, 0.717) is 0 Å². The van der Waals surface area contributed by atoms with Gasteiger partial charge in [-0.25, -0.2) is 0 Å². The maximum Gasteiger partial charge on any atom is 0 e. The Kier molecular flexibility index (Phi) is 25.4. The Morgan fingerprint density at radius 3 is 1.25 bits per heavy atom. The maximum absolute atomic E-state index is 10.3. The average Bonchev–Trinajstić information content (AvgIpc) is 1.40. The van der Waals surface area contributed by atoms with E-state index in [1.54, 1.807) is 0 Å². The van der Waals surface area contributed by atoms with Crippen LogP contribution in [0.3, 0.4) is 0 Å². The van der Waals surface area contributed by atoms with E-state index in [9.17, 15) is 28.3 Å². The molecule has 6 N–H and O–H groups in total. The third kappa shape index (κ3) is 31.6. The molecule has 0 aliphatic carbocycles. The van der Waals surface area contributed by atoms with E-state index in [-0.39, 0.29) is 48.4 Å². The third-order valence-electron chi connectivity index (χ3n) is 0.364. The van der Waals surface area contributed by atoms with Crippen LogP contribution in [0, 0.1) is 0 Å². The van der Waals surface area contributed by atoms with E-state index < -0.39 is 49.8 Å². The normalized spacial score (nSPS) is 12.1. The minimum atomic E-state index is -8.70. The van der Waals surface area contributed by atoms with E-state index in [4.69, 9.17) is 3.76 Å². The van der Waals surface area contributed by atoms with Crippen LogP contribution < -0.4 is 11.3 Å². The van der Waals surface area contributed by atoms with Crippen LogP contribution in [0.2, 0.25) is 0 Å². The zero-order valence-corrected chi connectivity index (χ0v) is 20.1. The van der Waals surface area contributed by atoms with Crippen molar-refractivity contribution in [3.63, 3.8) is 0 Å². The Morgan fingerprint density at radius 1 is 0.850 bits per heavy atom. The Hall–Kier alpha value is 1.31. The monoisotopic (exact) mass is 998 g/mol. The molecule has 0 aliphatic rings. The first-order chi connectivity index (χ1) is 5.67. The Morgan fingerprint density at radius 2 is 1.10 bits per heavy atom. The van der Waals surface area contributed by atoms with Crippen LogP contribution in [0.1, 0.15) is 0 Å². The standard InChI is InChI=1S/6H2O.10O.4W/h6*1H2;;;;;;;;;;;;;;/q;;;;;;;;;;;;;3*-1;;;;+1/p-6. The van der Waals surface area contributed by atoms with Gasteiger partial charge in [0.15, 0.2) is 0 Å². The molecule has 0 bridgehead atoms. The molecule has 0 amide bonds. The summed E-state index contributed by atoms with van der Waals surface area (Å²) in [6.07, 6.45) is 0. The summed E-state index contributed by atoms with van der Waals surface area (Å²) in [7, 11) is 0. The molecule has 0 aromatic rings. The van der Waals surface area contributed by atoms with Crippen molar-refractivity contribution in [3.8, 4) is 0 Å². The molecular weight excluding hydrogens is 991 g/mol. The van der Waals surface area contributed by atoms with E-state index in [0.717, 1.165) is 0 Å². The van der Waals surface area contributed by atoms with E-state index in [1.165, 1.54) is 0 Å². The minimum absolute atomic E-state index is 0. The zero-order chi connectivity index (χ0) is 11.9. The summed E-state index contributed by atoms with van der Waals surface area (Å²) in [6.45, 7) is 0. The Bertz CT molecular complexity index is 458. The van der Waals surface area contributed by atoms with E-state index in [1.807, 2.05) is 0 Å². The van der Waals surface area contributed by atoms with Gasteiger partial charge in [-0.1, -0.05) is 0 Å². The molecule has 134 valence electrons. The van der Waals surface area contributed by atoms with Crippen LogP contribution >= 0.6 is 0 Å². The van der Waals surface area contributed by atoms with Gasteiger partial charge in [0.05, 0.1) is 0 Å². The molecule has 0 aliphatic heterocycles. The molecule has 0 rings (SSSR count). The molecule has 0 spiro atoms. The number of hydrogen-bond donors (Lipinski definition) is 1. The van der Waals surface area contributed by atoms with Crippen LogP contribution in [0.25, 0.3) is 0 Å². The molecule has 0 aromatic heterocycles. The smallest absolute Gasteiger partial charge is 0 e. The molecule has 0 heterocycles. The largest absolute Gasteiger partial charge is 0 e. The molecule has 0 atom stereocenters. The van der Waals surface area contributed by atoms with Crippen LogP contribution in [-0.2, 0) is 91.9 Å². The van der Waals surface area contributed by atoms with Gasteiger partial charge in [0.25, 0.3) is 0 Å². The number of rotatable bonds is 4. The fraction of sp³-hybridized carbons (Fsp3) is 0. The molecule has 20 heteroatoms. The quantitative estimate of drug-likeness (QED) is 0.274. The molecule has 20 heavy (non-hydrogen) atoms. The molecule has 0 radical (unpaired) electrons. The summed E-state index contributed by atoms with van der Waals surface area (Å²) in [5.74, 6) is 0. The average molecular weight is 997 g/mol. The van der Waals surface area contributed by atoms with Crippen molar-refractivity contribution in [1.29, 1.82) is 0 Å². The van der Waals surface area contributed by atoms with Gasteiger partial charge < -0.3 is 27.4 Å². The topological polar surface area (TPSA) is 343 Å². The van der Waals surface area contributed by atoms with Crippen LogP contribution in [0.15, 0.2) is 0 Å². The predicted molar refractivity (Wildman–Crippen MR) is 17.5 cm³/mol. The first-order valence-corrected chi connectivity index (χ1v) is 17.9. The first-order valence-electron chi connectivity index (χ1n) is 2.18. The van der Waals surface area contributed by atoms with Crippen molar-refractivity contribution in [2.45, 2.75) is 0 Å². The van der Waals surface area contributed by atoms with Crippen molar-refractivity contribution in [1.82, 2.24) is 0 Å². The molecule has 0 fully saturated rings.